The number of morpholine rings is 2. The number of nitrogens with zero attached hydrogens (tertiary/aromatic N) is 1. The molecular formula is C15H27N3O4. The summed E-state index contributed by atoms with van der Waals surface area (Å²) < 4.78 is 10.6. The standard InChI is InChI=1S/C15H27N3O4/c1-11(2)14(15(20)18-4-7-21-8-5-18)17-13(19)9-12-10-22-6-3-16-12/h11-12,14,16H,3-10H2,1-2H3,(H,17,19). The Morgan fingerprint density at radius 2 is 1.95 bits per heavy atom. The molecule has 0 bridgehead atoms. The number of carbonyl (C=O) groups is 2. The smallest absolute Gasteiger partial charge is 0.245 e. The van der Waals surface area contributed by atoms with Gasteiger partial charge in [-0.2, -0.15) is 0 Å². The molecule has 2 N–H and O–H groups in total. The van der Waals surface area contributed by atoms with Crippen molar-refractivity contribution in [2.24, 2.45) is 5.92 Å². The molecule has 2 aliphatic heterocycles. The lowest BCUT2D eigenvalue weighted by Crippen LogP contribution is -2.54. The molecule has 2 heterocycles. The molecule has 0 spiro atoms. The molecule has 0 aliphatic carbocycles. The minimum atomic E-state index is -0.477. The van der Waals surface area contributed by atoms with E-state index in [0.717, 1.165) is 6.54 Å². The number of ether oxygens (including phenoxy) is 2. The van der Waals surface area contributed by atoms with E-state index in [9.17, 15) is 9.59 Å². The molecule has 7 heteroatoms. The van der Waals surface area contributed by atoms with Crippen LogP contribution >= 0.6 is 0 Å². The number of carbonyl (C=O) groups excluding carboxylic acids is 2. The Hall–Kier alpha value is -1.18. The van der Waals surface area contributed by atoms with Crippen molar-refractivity contribution in [3.8, 4) is 0 Å². The highest BCUT2D eigenvalue weighted by atomic mass is 16.5. The third kappa shape index (κ3) is 4.93. The third-order valence-electron chi connectivity index (χ3n) is 4.00. The number of hydrogen-bond acceptors (Lipinski definition) is 5. The van der Waals surface area contributed by atoms with Gasteiger partial charge in [-0.1, -0.05) is 13.8 Å². The second-order valence-electron chi connectivity index (χ2n) is 6.16. The van der Waals surface area contributed by atoms with E-state index in [0.29, 0.717) is 45.9 Å². The Kier molecular flexibility index (Phi) is 6.60. The average Bonchev–Trinajstić information content (AvgIpc) is 2.53. The fourth-order valence-electron chi connectivity index (χ4n) is 2.70. The first kappa shape index (κ1) is 17.2. The van der Waals surface area contributed by atoms with Gasteiger partial charge in [0.2, 0.25) is 11.8 Å². The minimum absolute atomic E-state index is 0.0143. The first-order valence-corrected chi connectivity index (χ1v) is 8.05. The molecule has 2 saturated heterocycles. The van der Waals surface area contributed by atoms with Gasteiger partial charge in [-0.3, -0.25) is 9.59 Å². The fourth-order valence-corrected chi connectivity index (χ4v) is 2.70. The van der Waals surface area contributed by atoms with Crippen LogP contribution in [0.25, 0.3) is 0 Å². The summed E-state index contributed by atoms with van der Waals surface area (Å²) in [6.45, 7) is 8.20. The van der Waals surface area contributed by atoms with E-state index in [2.05, 4.69) is 10.6 Å². The summed E-state index contributed by atoms with van der Waals surface area (Å²) in [5.74, 6) is -0.0716. The monoisotopic (exact) mass is 313 g/mol. The Labute approximate surface area is 131 Å². The summed E-state index contributed by atoms with van der Waals surface area (Å²) >= 11 is 0. The summed E-state index contributed by atoms with van der Waals surface area (Å²) in [4.78, 5) is 26.6. The summed E-state index contributed by atoms with van der Waals surface area (Å²) in [5, 5.41) is 6.14. The van der Waals surface area contributed by atoms with Gasteiger partial charge in [0, 0.05) is 32.1 Å². The minimum Gasteiger partial charge on any atom is -0.378 e. The van der Waals surface area contributed by atoms with Crippen LogP contribution in [-0.4, -0.2) is 74.9 Å². The average molecular weight is 313 g/mol. The van der Waals surface area contributed by atoms with Crippen LogP contribution < -0.4 is 10.6 Å². The molecule has 0 saturated carbocycles. The molecule has 0 radical (unpaired) electrons. The molecule has 2 unspecified atom stereocenters. The van der Waals surface area contributed by atoms with E-state index in [1.54, 1.807) is 4.90 Å². The molecule has 2 atom stereocenters. The van der Waals surface area contributed by atoms with E-state index >= 15 is 0 Å². The van der Waals surface area contributed by atoms with E-state index in [4.69, 9.17) is 9.47 Å². The largest absolute Gasteiger partial charge is 0.378 e. The maximum absolute atomic E-state index is 12.6. The van der Waals surface area contributed by atoms with Crippen molar-refractivity contribution in [3.63, 3.8) is 0 Å². The summed E-state index contributed by atoms with van der Waals surface area (Å²) in [7, 11) is 0. The van der Waals surface area contributed by atoms with Gasteiger partial charge in [0.15, 0.2) is 0 Å². The predicted octanol–water partition coefficient (Wildman–Crippen LogP) is -0.635. The number of amides is 2. The van der Waals surface area contributed by atoms with Crippen LogP contribution in [0.15, 0.2) is 0 Å². The van der Waals surface area contributed by atoms with Crippen molar-refractivity contribution in [2.45, 2.75) is 32.4 Å². The Balaban J connectivity index is 1.86. The summed E-state index contributed by atoms with van der Waals surface area (Å²) in [6, 6.07) is -0.449. The van der Waals surface area contributed by atoms with Crippen LogP contribution in [0.4, 0.5) is 0 Å². The predicted molar refractivity (Wildman–Crippen MR) is 81.4 cm³/mol. The lowest BCUT2D eigenvalue weighted by atomic mass is 10.0. The first-order valence-electron chi connectivity index (χ1n) is 8.05. The first-order chi connectivity index (χ1) is 10.6. The van der Waals surface area contributed by atoms with Gasteiger partial charge in [0.25, 0.3) is 0 Å². The quantitative estimate of drug-likeness (QED) is 0.706. The van der Waals surface area contributed by atoms with E-state index in [1.165, 1.54) is 0 Å². The lowest BCUT2D eigenvalue weighted by Gasteiger charge is -2.32. The highest BCUT2D eigenvalue weighted by Crippen LogP contribution is 2.09. The second kappa shape index (κ2) is 8.45. The van der Waals surface area contributed by atoms with Crippen LogP contribution in [-0.2, 0) is 19.1 Å². The molecule has 2 fully saturated rings. The van der Waals surface area contributed by atoms with Crippen LogP contribution in [0.1, 0.15) is 20.3 Å². The molecule has 0 aromatic heterocycles. The number of hydrogen-bond donors (Lipinski definition) is 2. The van der Waals surface area contributed by atoms with Gasteiger partial charge in [-0.05, 0) is 5.92 Å². The molecule has 22 heavy (non-hydrogen) atoms. The third-order valence-corrected chi connectivity index (χ3v) is 4.00. The van der Waals surface area contributed by atoms with Gasteiger partial charge in [-0.15, -0.1) is 0 Å². The molecule has 126 valence electrons. The summed E-state index contributed by atoms with van der Waals surface area (Å²) in [6.07, 6.45) is 0.333. The zero-order chi connectivity index (χ0) is 15.9. The zero-order valence-corrected chi connectivity index (χ0v) is 13.5. The van der Waals surface area contributed by atoms with Crippen molar-refractivity contribution in [1.82, 2.24) is 15.5 Å². The van der Waals surface area contributed by atoms with Crippen molar-refractivity contribution in [2.75, 3.05) is 46.1 Å². The van der Waals surface area contributed by atoms with Crippen molar-refractivity contribution >= 4 is 11.8 Å². The molecule has 2 rings (SSSR count). The van der Waals surface area contributed by atoms with Crippen molar-refractivity contribution in [3.05, 3.63) is 0 Å². The van der Waals surface area contributed by atoms with Gasteiger partial charge in [0.05, 0.1) is 26.4 Å². The highest BCUT2D eigenvalue weighted by Gasteiger charge is 2.30. The maximum Gasteiger partial charge on any atom is 0.245 e. The van der Waals surface area contributed by atoms with Crippen LogP contribution in [0.5, 0.6) is 0 Å². The van der Waals surface area contributed by atoms with Crippen LogP contribution in [0, 0.1) is 5.92 Å². The van der Waals surface area contributed by atoms with Gasteiger partial charge in [-0.25, -0.2) is 0 Å². The maximum atomic E-state index is 12.6. The topological polar surface area (TPSA) is 79.9 Å². The van der Waals surface area contributed by atoms with Crippen molar-refractivity contribution in [1.29, 1.82) is 0 Å². The second-order valence-corrected chi connectivity index (χ2v) is 6.16. The molecule has 0 aromatic carbocycles. The SMILES string of the molecule is CC(C)C(NC(=O)CC1COCCN1)C(=O)N1CCOCC1. The van der Waals surface area contributed by atoms with E-state index in [1.807, 2.05) is 13.8 Å². The van der Waals surface area contributed by atoms with Crippen LogP contribution in [0.3, 0.4) is 0 Å². The van der Waals surface area contributed by atoms with Crippen LogP contribution in [0.2, 0.25) is 0 Å². The molecule has 2 amide bonds. The highest BCUT2D eigenvalue weighted by molar-refractivity contribution is 5.88. The number of rotatable bonds is 5. The van der Waals surface area contributed by atoms with E-state index in [-0.39, 0.29) is 23.8 Å². The summed E-state index contributed by atoms with van der Waals surface area (Å²) in [5.41, 5.74) is 0. The van der Waals surface area contributed by atoms with E-state index < -0.39 is 6.04 Å². The molecule has 0 aromatic rings. The Morgan fingerprint density at radius 3 is 2.55 bits per heavy atom. The van der Waals surface area contributed by atoms with Crippen molar-refractivity contribution < 1.29 is 19.1 Å². The fraction of sp³-hybridized carbons (Fsp3) is 0.867. The van der Waals surface area contributed by atoms with Gasteiger partial charge in [0.1, 0.15) is 6.04 Å². The van der Waals surface area contributed by atoms with Gasteiger partial charge < -0.3 is 25.0 Å². The normalized spacial score (nSPS) is 24.1. The lowest BCUT2D eigenvalue weighted by molar-refractivity contribution is -0.141. The Morgan fingerprint density at radius 1 is 1.23 bits per heavy atom. The Bertz CT molecular complexity index is 377. The zero-order valence-electron chi connectivity index (χ0n) is 13.5. The molecule has 2 aliphatic rings. The number of nitrogens with one attached hydrogen (secondary N) is 2. The molecule has 7 nitrogen and oxygen atoms in total. The van der Waals surface area contributed by atoms with Gasteiger partial charge >= 0.3 is 0 Å². The molecular weight excluding hydrogens is 286 g/mol.